The standard InChI is InChI=1S/C17H19N3O2S/c21-15(11-20-9-5-4-8-16(20)22)19-17-18-14(12-23-17)10-13-6-2-1-3-7-13/h1-3,6-7,12H,4-5,8-11H2,(H,18,19,21). The summed E-state index contributed by atoms with van der Waals surface area (Å²) in [4.78, 5) is 29.8. The van der Waals surface area contributed by atoms with E-state index in [4.69, 9.17) is 0 Å². The van der Waals surface area contributed by atoms with Gasteiger partial charge in [-0.1, -0.05) is 30.3 Å². The van der Waals surface area contributed by atoms with Crippen molar-refractivity contribution in [2.45, 2.75) is 25.7 Å². The molecular weight excluding hydrogens is 310 g/mol. The Bertz CT molecular complexity index is 684. The van der Waals surface area contributed by atoms with Crippen molar-refractivity contribution in [1.82, 2.24) is 9.88 Å². The van der Waals surface area contributed by atoms with E-state index in [0.717, 1.165) is 25.0 Å². The zero-order valence-corrected chi connectivity index (χ0v) is 13.6. The molecule has 0 unspecified atom stereocenters. The minimum absolute atomic E-state index is 0.0651. The predicted molar refractivity (Wildman–Crippen MR) is 90.4 cm³/mol. The summed E-state index contributed by atoms with van der Waals surface area (Å²) in [6.07, 6.45) is 3.19. The number of hydrogen-bond donors (Lipinski definition) is 1. The van der Waals surface area contributed by atoms with Gasteiger partial charge in [0.15, 0.2) is 5.13 Å². The molecule has 1 aliphatic rings. The van der Waals surface area contributed by atoms with Gasteiger partial charge < -0.3 is 10.2 Å². The largest absolute Gasteiger partial charge is 0.333 e. The van der Waals surface area contributed by atoms with Crippen molar-refractivity contribution in [2.24, 2.45) is 0 Å². The maximum atomic E-state index is 12.1. The van der Waals surface area contributed by atoms with Crippen molar-refractivity contribution in [2.75, 3.05) is 18.4 Å². The molecule has 1 aliphatic heterocycles. The fraction of sp³-hybridized carbons (Fsp3) is 0.353. The Balaban J connectivity index is 1.54. The third-order valence-corrected chi connectivity index (χ3v) is 4.59. The van der Waals surface area contributed by atoms with Crippen molar-refractivity contribution in [1.29, 1.82) is 0 Å². The van der Waals surface area contributed by atoms with Crippen LogP contribution in [0.1, 0.15) is 30.5 Å². The van der Waals surface area contributed by atoms with E-state index in [0.29, 0.717) is 18.1 Å². The van der Waals surface area contributed by atoms with Crippen LogP contribution in [-0.2, 0) is 16.0 Å². The second-order valence-electron chi connectivity index (χ2n) is 5.63. The molecular formula is C17H19N3O2S. The van der Waals surface area contributed by atoms with Crippen LogP contribution >= 0.6 is 11.3 Å². The number of anilines is 1. The maximum absolute atomic E-state index is 12.1. The molecule has 2 aromatic rings. The zero-order valence-electron chi connectivity index (χ0n) is 12.8. The number of aromatic nitrogens is 1. The molecule has 0 radical (unpaired) electrons. The molecule has 1 aromatic carbocycles. The van der Waals surface area contributed by atoms with Gasteiger partial charge in [-0.15, -0.1) is 11.3 Å². The third kappa shape index (κ3) is 4.39. The number of nitrogens with one attached hydrogen (secondary N) is 1. The minimum Gasteiger partial charge on any atom is -0.333 e. The van der Waals surface area contributed by atoms with Crippen LogP contribution in [-0.4, -0.2) is 34.8 Å². The number of likely N-dealkylation sites (tertiary alicyclic amines) is 1. The molecule has 2 heterocycles. The highest BCUT2D eigenvalue weighted by atomic mass is 32.1. The Labute approximate surface area is 139 Å². The highest BCUT2D eigenvalue weighted by molar-refractivity contribution is 7.13. The summed E-state index contributed by atoms with van der Waals surface area (Å²) in [5.41, 5.74) is 2.13. The summed E-state index contributed by atoms with van der Waals surface area (Å²) in [5.74, 6) is -0.115. The van der Waals surface area contributed by atoms with Gasteiger partial charge in [0.1, 0.15) is 0 Å². The molecule has 23 heavy (non-hydrogen) atoms. The normalized spacial score (nSPS) is 14.8. The summed E-state index contributed by atoms with van der Waals surface area (Å²) in [7, 11) is 0. The Morgan fingerprint density at radius 3 is 2.87 bits per heavy atom. The van der Waals surface area contributed by atoms with Crippen LogP contribution in [0.4, 0.5) is 5.13 Å². The maximum Gasteiger partial charge on any atom is 0.245 e. The van der Waals surface area contributed by atoms with Gasteiger partial charge in [-0.05, 0) is 18.4 Å². The molecule has 1 N–H and O–H groups in total. The van der Waals surface area contributed by atoms with E-state index in [1.165, 1.54) is 16.9 Å². The predicted octanol–water partition coefficient (Wildman–Crippen LogP) is 2.68. The number of rotatable bonds is 5. The lowest BCUT2D eigenvalue weighted by molar-refractivity contribution is -0.136. The van der Waals surface area contributed by atoms with Gasteiger partial charge in [-0.2, -0.15) is 0 Å². The first-order valence-corrected chi connectivity index (χ1v) is 8.64. The number of amides is 2. The van der Waals surface area contributed by atoms with Crippen LogP contribution in [0.3, 0.4) is 0 Å². The number of piperidine rings is 1. The van der Waals surface area contributed by atoms with E-state index in [1.54, 1.807) is 4.90 Å². The Morgan fingerprint density at radius 2 is 2.09 bits per heavy atom. The van der Waals surface area contributed by atoms with Crippen LogP contribution in [0.15, 0.2) is 35.7 Å². The SMILES string of the molecule is O=C(CN1CCCCC1=O)Nc1nc(Cc2ccccc2)cs1. The second-order valence-corrected chi connectivity index (χ2v) is 6.49. The van der Waals surface area contributed by atoms with Crippen molar-refractivity contribution in [3.8, 4) is 0 Å². The quantitative estimate of drug-likeness (QED) is 0.917. The Morgan fingerprint density at radius 1 is 1.26 bits per heavy atom. The van der Waals surface area contributed by atoms with E-state index in [1.807, 2.05) is 23.6 Å². The molecule has 0 spiro atoms. The van der Waals surface area contributed by atoms with Crippen LogP contribution in [0.5, 0.6) is 0 Å². The highest BCUT2D eigenvalue weighted by Gasteiger charge is 2.20. The van der Waals surface area contributed by atoms with E-state index >= 15 is 0 Å². The third-order valence-electron chi connectivity index (χ3n) is 3.78. The summed E-state index contributed by atoms with van der Waals surface area (Å²) < 4.78 is 0. The lowest BCUT2D eigenvalue weighted by atomic mass is 10.1. The van der Waals surface area contributed by atoms with Gasteiger partial charge in [-0.25, -0.2) is 4.98 Å². The number of nitrogens with zero attached hydrogens (tertiary/aromatic N) is 2. The molecule has 0 atom stereocenters. The average Bonchev–Trinajstić information content (AvgIpc) is 2.97. The molecule has 0 bridgehead atoms. The Kier molecular flexibility index (Phi) is 5.02. The fourth-order valence-electron chi connectivity index (χ4n) is 2.61. The van der Waals surface area contributed by atoms with Crippen LogP contribution < -0.4 is 5.32 Å². The lowest BCUT2D eigenvalue weighted by Gasteiger charge is -2.25. The first kappa shape index (κ1) is 15.7. The second kappa shape index (κ2) is 7.37. The first-order valence-electron chi connectivity index (χ1n) is 7.76. The lowest BCUT2D eigenvalue weighted by Crippen LogP contribution is -2.40. The summed E-state index contributed by atoms with van der Waals surface area (Å²) in [6, 6.07) is 10.1. The van der Waals surface area contributed by atoms with Gasteiger partial charge in [0.05, 0.1) is 12.2 Å². The molecule has 1 aromatic heterocycles. The molecule has 6 heteroatoms. The summed E-state index contributed by atoms with van der Waals surface area (Å²) in [5, 5.41) is 5.33. The van der Waals surface area contributed by atoms with Crippen LogP contribution in [0, 0.1) is 0 Å². The van der Waals surface area contributed by atoms with Crippen molar-refractivity contribution in [3.05, 3.63) is 47.0 Å². The van der Waals surface area contributed by atoms with E-state index < -0.39 is 0 Å². The summed E-state index contributed by atoms with van der Waals surface area (Å²) >= 11 is 1.41. The van der Waals surface area contributed by atoms with Crippen molar-refractivity contribution < 1.29 is 9.59 Å². The van der Waals surface area contributed by atoms with Gasteiger partial charge in [0.25, 0.3) is 0 Å². The molecule has 0 aliphatic carbocycles. The topological polar surface area (TPSA) is 62.3 Å². The van der Waals surface area contributed by atoms with E-state index in [2.05, 4.69) is 22.4 Å². The first-order chi connectivity index (χ1) is 11.2. The van der Waals surface area contributed by atoms with E-state index in [-0.39, 0.29) is 18.4 Å². The molecule has 1 saturated heterocycles. The monoisotopic (exact) mass is 329 g/mol. The summed E-state index contributed by atoms with van der Waals surface area (Å²) in [6.45, 7) is 0.788. The van der Waals surface area contributed by atoms with Crippen molar-refractivity contribution in [3.63, 3.8) is 0 Å². The van der Waals surface area contributed by atoms with Gasteiger partial charge in [-0.3, -0.25) is 9.59 Å². The molecule has 2 amide bonds. The molecule has 3 rings (SSSR count). The zero-order chi connectivity index (χ0) is 16.1. The van der Waals surface area contributed by atoms with Gasteiger partial charge >= 0.3 is 0 Å². The number of hydrogen-bond acceptors (Lipinski definition) is 4. The van der Waals surface area contributed by atoms with Gasteiger partial charge in [0.2, 0.25) is 11.8 Å². The smallest absolute Gasteiger partial charge is 0.245 e. The molecule has 120 valence electrons. The number of benzene rings is 1. The number of carbonyl (C=O) groups excluding carboxylic acids is 2. The van der Waals surface area contributed by atoms with Crippen LogP contribution in [0.25, 0.3) is 0 Å². The molecule has 1 fully saturated rings. The van der Waals surface area contributed by atoms with E-state index in [9.17, 15) is 9.59 Å². The molecule has 0 saturated carbocycles. The van der Waals surface area contributed by atoms with Crippen molar-refractivity contribution >= 4 is 28.3 Å². The van der Waals surface area contributed by atoms with Gasteiger partial charge in [0, 0.05) is 24.8 Å². The highest BCUT2D eigenvalue weighted by Crippen LogP contribution is 2.18. The minimum atomic E-state index is -0.180. The molecule has 5 nitrogen and oxygen atoms in total. The number of carbonyl (C=O) groups is 2. The average molecular weight is 329 g/mol. The van der Waals surface area contributed by atoms with Crippen LogP contribution in [0.2, 0.25) is 0 Å². The fourth-order valence-corrected chi connectivity index (χ4v) is 3.34. The Hall–Kier alpha value is -2.21. The number of thiazole rings is 1.